The Bertz CT molecular complexity index is 1290. The minimum atomic E-state index is -0.935. The van der Waals surface area contributed by atoms with Gasteiger partial charge in [0.15, 0.2) is 11.8 Å². The van der Waals surface area contributed by atoms with Crippen molar-refractivity contribution in [2.24, 2.45) is 0 Å². The summed E-state index contributed by atoms with van der Waals surface area (Å²) in [7, 11) is 1.49. The second-order valence-corrected chi connectivity index (χ2v) is 9.58. The van der Waals surface area contributed by atoms with Crippen LogP contribution in [0.25, 0.3) is 0 Å². The molecule has 1 unspecified atom stereocenters. The summed E-state index contributed by atoms with van der Waals surface area (Å²) in [5, 5.41) is 0. The third kappa shape index (κ3) is 6.23. The number of benzene rings is 2. The number of hydrogen-bond donors (Lipinski definition) is 2. The Balaban J connectivity index is 1.93. The molecule has 0 aliphatic heterocycles. The summed E-state index contributed by atoms with van der Waals surface area (Å²) in [6.07, 6.45) is -0.935. The normalized spacial score (nSPS) is 12.2. The Morgan fingerprint density at radius 2 is 1.72 bits per heavy atom. The number of nitrogens with zero attached hydrogens (tertiary/aromatic N) is 2. The van der Waals surface area contributed by atoms with E-state index in [0.717, 1.165) is 11.1 Å². The number of amides is 1. The molecule has 0 spiro atoms. The first kappa shape index (κ1) is 26.7. The molecule has 1 heterocycles. The highest BCUT2D eigenvalue weighted by atomic mass is 16.5. The van der Waals surface area contributed by atoms with Crippen molar-refractivity contribution in [1.29, 1.82) is 0 Å². The molecule has 0 aliphatic carbocycles. The number of aromatic amines is 1. The number of H-pyrrole nitrogens is 1. The van der Waals surface area contributed by atoms with Gasteiger partial charge >= 0.3 is 5.69 Å². The highest BCUT2D eigenvalue weighted by molar-refractivity contribution is 5.98. The summed E-state index contributed by atoms with van der Waals surface area (Å²) in [5.41, 5.74) is 6.72. The van der Waals surface area contributed by atoms with Crippen LogP contribution >= 0.6 is 0 Å². The Morgan fingerprint density at radius 1 is 1.08 bits per heavy atom. The van der Waals surface area contributed by atoms with Gasteiger partial charge in [-0.3, -0.25) is 24.0 Å². The van der Waals surface area contributed by atoms with Gasteiger partial charge in [0.25, 0.3) is 11.5 Å². The largest absolute Gasteiger partial charge is 0.481 e. The van der Waals surface area contributed by atoms with Crippen molar-refractivity contribution in [3.63, 3.8) is 0 Å². The molecule has 9 nitrogen and oxygen atoms in total. The fourth-order valence-corrected chi connectivity index (χ4v) is 3.78. The van der Waals surface area contributed by atoms with Crippen molar-refractivity contribution in [1.82, 2.24) is 9.55 Å². The van der Waals surface area contributed by atoms with Crippen molar-refractivity contribution in [2.75, 3.05) is 30.9 Å². The molecule has 3 N–H and O–H groups in total. The van der Waals surface area contributed by atoms with Crippen LogP contribution in [0.3, 0.4) is 0 Å². The molecule has 9 heteroatoms. The number of rotatable bonds is 9. The van der Waals surface area contributed by atoms with Crippen LogP contribution in [0.15, 0.2) is 64.2 Å². The molecular formula is C27H34N4O5. The summed E-state index contributed by atoms with van der Waals surface area (Å²) in [6, 6.07) is 16.7. The summed E-state index contributed by atoms with van der Waals surface area (Å²) < 4.78 is 12.3. The van der Waals surface area contributed by atoms with Crippen molar-refractivity contribution >= 4 is 17.4 Å². The summed E-state index contributed by atoms with van der Waals surface area (Å²) >= 11 is 0. The first-order valence-electron chi connectivity index (χ1n) is 11.8. The zero-order chi connectivity index (χ0) is 26.5. The molecule has 36 heavy (non-hydrogen) atoms. The number of nitrogen functional groups attached to an aromatic ring is 1. The number of ether oxygens (including phenoxy) is 2. The van der Waals surface area contributed by atoms with Crippen LogP contribution in [0, 0.1) is 0 Å². The lowest BCUT2D eigenvalue weighted by Crippen LogP contribution is -2.47. The molecule has 0 saturated heterocycles. The monoisotopic (exact) mass is 494 g/mol. The van der Waals surface area contributed by atoms with Gasteiger partial charge in [-0.15, -0.1) is 0 Å². The third-order valence-corrected chi connectivity index (χ3v) is 5.83. The minimum absolute atomic E-state index is 0.0156. The number of nitrogens with two attached hydrogens (primary N) is 1. The zero-order valence-electron chi connectivity index (χ0n) is 21.4. The highest BCUT2D eigenvalue weighted by Crippen LogP contribution is 2.25. The van der Waals surface area contributed by atoms with Gasteiger partial charge < -0.3 is 15.2 Å². The number of aromatic nitrogens is 2. The van der Waals surface area contributed by atoms with Gasteiger partial charge in [0.1, 0.15) is 11.6 Å². The SMILES string of the molecule is COCCN(C(=O)C(C)Oc1ccc(C(C)(C)C)cc1)c1c(N)n(Cc2ccccc2)c(=O)[nH]c1=O. The molecule has 1 aromatic heterocycles. The minimum Gasteiger partial charge on any atom is -0.481 e. The van der Waals surface area contributed by atoms with E-state index in [0.29, 0.717) is 5.75 Å². The Morgan fingerprint density at radius 3 is 2.31 bits per heavy atom. The van der Waals surface area contributed by atoms with E-state index >= 15 is 0 Å². The van der Waals surface area contributed by atoms with Gasteiger partial charge in [-0.25, -0.2) is 4.79 Å². The van der Waals surface area contributed by atoms with E-state index < -0.39 is 23.3 Å². The summed E-state index contributed by atoms with van der Waals surface area (Å²) in [6.45, 7) is 8.27. The predicted molar refractivity (Wildman–Crippen MR) is 141 cm³/mol. The first-order valence-corrected chi connectivity index (χ1v) is 11.8. The molecule has 1 amide bonds. The highest BCUT2D eigenvalue weighted by Gasteiger charge is 2.29. The van der Waals surface area contributed by atoms with Crippen molar-refractivity contribution in [3.05, 3.63) is 86.6 Å². The van der Waals surface area contributed by atoms with E-state index in [1.54, 1.807) is 6.92 Å². The molecule has 0 radical (unpaired) electrons. The maximum atomic E-state index is 13.5. The average molecular weight is 495 g/mol. The number of hydrogen-bond acceptors (Lipinski definition) is 6. The molecule has 3 rings (SSSR count). The van der Waals surface area contributed by atoms with Crippen molar-refractivity contribution in [2.45, 2.75) is 45.8 Å². The second kappa shape index (κ2) is 11.3. The molecule has 2 aromatic carbocycles. The third-order valence-electron chi connectivity index (χ3n) is 5.83. The molecule has 3 aromatic rings. The maximum absolute atomic E-state index is 13.5. The number of methoxy groups -OCH3 is 1. The van der Waals surface area contributed by atoms with Crippen LogP contribution in [0.4, 0.5) is 11.5 Å². The van der Waals surface area contributed by atoms with Crippen molar-refractivity contribution < 1.29 is 14.3 Å². The summed E-state index contributed by atoms with van der Waals surface area (Å²) in [4.78, 5) is 42.4. The Hall–Kier alpha value is -3.85. The van der Waals surface area contributed by atoms with Crippen LogP contribution in [-0.4, -0.2) is 41.8 Å². The fourth-order valence-electron chi connectivity index (χ4n) is 3.78. The van der Waals surface area contributed by atoms with E-state index in [-0.39, 0.29) is 36.6 Å². The van der Waals surface area contributed by atoms with E-state index in [4.69, 9.17) is 15.2 Å². The van der Waals surface area contributed by atoms with E-state index in [2.05, 4.69) is 25.8 Å². The lowest BCUT2D eigenvalue weighted by molar-refractivity contribution is -0.124. The number of nitrogens with one attached hydrogen (secondary N) is 1. The van der Waals surface area contributed by atoms with Crippen LogP contribution in [0.1, 0.15) is 38.8 Å². The summed E-state index contributed by atoms with van der Waals surface area (Å²) in [5.74, 6) is -0.0840. The van der Waals surface area contributed by atoms with Crippen LogP contribution in [-0.2, 0) is 21.5 Å². The van der Waals surface area contributed by atoms with Crippen LogP contribution in [0.5, 0.6) is 5.75 Å². The lowest BCUT2D eigenvalue weighted by Gasteiger charge is -2.27. The van der Waals surface area contributed by atoms with Gasteiger partial charge in [-0.1, -0.05) is 63.2 Å². The topological polar surface area (TPSA) is 120 Å². The van der Waals surface area contributed by atoms with Gasteiger partial charge in [-0.2, -0.15) is 0 Å². The van der Waals surface area contributed by atoms with Crippen LogP contribution < -0.4 is 26.6 Å². The lowest BCUT2D eigenvalue weighted by atomic mass is 9.87. The Labute approximate surface area is 210 Å². The molecule has 1 atom stereocenters. The number of anilines is 2. The van der Waals surface area contributed by atoms with Gasteiger partial charge in [0.2, 0.25) is 0 Å². The second-order valence-electron chi connectivity index (χ2n) is 9.58. The van der Waals surface area contributed by atoms with Gasteiger partial charge in [0.05, 0.1) is 13.2 Å². The van der Waals surface area contributed by atoms with E-state index in [1.807, 2.05) is 54.6 Å². The zero-order valence-corrected chi connectivity index (χ0v) is 21.4. The van der Waals surface area contributed by atoms with Gasteiger partial charge in [0, 0.05) is 13.7 Å². The number of carbonyl (C=O) groups is 1. The molecule has 0 fully saturated rings. The Kier molecular flexibility index (Phi) is 8.37. The quantitative estimate of drug-likeness (QED) is 0.472. The molecule has 192 valence electrons. The average Bonchev–Trinajstić information content (AvgIpc) is 2.83. The predicted octanol–water partition coefficient (Wildman–Crippen LogP) is 2.91. The van der Waals surface area contributed by atoms with E-state index in [9.17, 15) is 14.4 Å². The standard InChI is InChI=1S/C27H34N4O5/c1-18(36-21-13-11-20(12-14-21)27(2,3)4)25(33)30(15-16-35-5)22-23(28)31(26(34)29-24(22)32)17-19-9-7-6-8-10-19/h6-14,18H,15-17,28H2,1-5H3,(H,29,32,34). The number of carbonyl (C=O) groups excluding carboxylic acids is 1. The fraction of sp³-hybridized carbons (Fsp3) is 0.370. The molecule has 0 bridgehead atoms. The molecular weight excluding hydrogens is 460 g/mol. The maximum Gasteiger partial charge on any atom is 0.330 e. The smallest absolute Gasteiger partial charge is 0.330 e. The first-order chi connectivity index (χ1) is 17.0. The van der Waals surface area contributed by atoms with E-state index in [1.165, 1.54) is 16.6 Å². The van der Waals surface area contributed by atoms with Crippen molar-refractivity contribution in [3.8, 4) is 5.75 Å². The van der Waals surface area contributed by atoms with Gasteiger partial charge in [-0.05, 0) is 35.6 Å². The molecule has 0 saturated carbocycles. The molecule has 0 aliphatic rings. The van der Waals surface area contributed by atoms with Crippen LogP contribution in [0.2, 0.25) is 0 Å².